The molecule has 0 radical (unpaired) electrons. The van der Waals surface area contributed by atoms with Gasteiger partial charge in [-0.3, -0.25) is 0 Å². The molecule has 1 rings (SSSR count). The van der Waals surface area contributed by atoms with E-state index in [0.29, 0.717) is 5.57 Å². The van der Waals surface area contributed by atoms with E-state index in [1.165, 1.54) is 12.1 Å². The molecule has 1 aromatic rings. The average molecular weight is 280 g/mol. The van der Waals surface area contributed by atoms with Crippen molar-refractivity contribution in [2.24, 2.45) is 0 Å². The predicted octanol–water partition coefficient (Wildman–Crippen LogP) is 2.85. The first-order valence-electron chi connectivity index (χ1n) is 4.42. The van der Waals surface area contributed by atoms with Crippen LogP contribution in [0.15, 0.2) is 35.2 Å². The molecule has 0 aliphatic rings. The zero-order chi connectivity index (χ0) is 12.3. The summed E-state index contributed by atoms with van der Waals surface area (Å²) in [6, 6.07) is 4.54. The van der Waals surface area contributed by atoms with Crippen LogP contribution in [0.25, 0.3) is 0 Å². The van der Waals surface area contributed by atoms with E-state index in [4.69, 9.17) is 23.2 Å². The molecular formula is C10H11Cl2NO2S. The lowest BCUT2D eigenvalue weighted by atomic mass is 10.4. The fourth-order valence-electron chi connectivity index (χ4n) is 1.03. The highest BCUT2D eigenvalue weighted by Gasteiger charge is 2.20. The van der Waals surface area contributed by atoms with Crippen molar-refractivity contribution in [3.05, 3.63) is 40.4 Å². The SMILES string of the molecule is C=C(C)CNS(=O)(=O)c1c(Cl)cccc1Cl. The Hall–Kier alpha value is -0.550. The molecule has 0 saturated carbocycles. The molecule has 1 aromatic carbocycles. The van der Waals surface area contributed by atoms with Crippen molar-refractivity contribution in [3.63, 3.8) is 0 Å². The number of nitrogens with one attached hydrogen (secondary N) is 1. The van der Waals surface area contributed by atoms with Gasteiger partial charge < -0.3 is 0 Å². The van der Waals surface area contributed by atoms with Crippen molar-refractivity contribution >= 4 is 33.2 Å². The highest BCUT2D eigenvalue weighted by molar-refractivity contribution is 7.89. The van der Waals surface area contributed by atoms with E-state index < -0.39 is 10.0 Å². The van der Waals surface area contributed by atoms with Crippen LogP contribution in [0, 0.1) is 0 Å². The van der Waals surface area contributed by atoms with Crippen LogP contribution >= 0.6 is 23.2 Å². The Kier molecular flexibility index (Phi) is 4.38. The summed E-state index contributed by atoms with van der Waals surface area (Å²) in [5.41, 5.74) is 0.701. The van der Waals surface area contributed by atoms with Crippen LogP contribution in [-0.2, 0) is 10.0 Å². The molecule has 0 unspecified atom stereocenters. The van der Waals surface area contributed by atoms with Gasteiger partial charge in [0.05, 0.1) is 10.0 Å². The molecule has 0 aliphatic carbocycles. The van der Waals surface area contributed by atoms with Gasteiger partial charge in [-0.15, -0.1) is 0 Å². The third kappa shape index (κ3) is 3.22. The lowest BCUT2D eigenvalue weighted by Gasteiger charge is -2.09. The summed E-state index contributed by atoms with van der Waals surface area (Å²) >= 11 is 11.6. The maximum Gasteiger partial charge on any atom is 0.243 e. The second kappa shape index (κ2) is 5.19. The second-order valence-electron chi connectivity index (χ2n) is 3.33. The Morgan fingerprint density at radius 2 is 1.88 bits per heavy atom. The zero-order valence-corrected chi connectivity index (χ0v) is 11.0. The summed E-state index contributed by atoms with van der Waals surface area (Å²) in [5.74, 6) is 0. The van der Waals surface area contributed by atoms with Gasteiger partial charge in [0.1, 0.15) is 4.90 Å². The van der Waals surface area contributed by atoms with E-state index in [1.807, 2.05) is 0 Å². The van der Waals surface area contributed by atoms with Crippen LogP contribution in [0.4, 0.5) is 0 Å². The molecule has 16 heavy (non-hydrogen) atoms. The highest BCUT2D eigenvalue weighted by Crippen LogP contribution is 2.28. The molecule has 0 aliphatic heterocycles. The van der Waals surface area contributed by atoms with Gasteiger partial charge >= 0.3 is 0 Å². The normalized spacial score (nSPS) is 11.4. The summed E-state index contributed by atoms with van der Waals surface area (Å²) in [7, 11) is -3.69. The molecule has 88 valence electrons. The molecular weight excluding hydrogens is 269 g/mol. The van der Waals surface area contributed by atoms with E-state index in [-0.39, 0.29) is 21.5 Å². The number of hydrogen-bond acceptors (Lipinski definition) is 2. The Morgan fingerprint density at radius 3 is 2.31 bits per heavy atom. The van der Waals surface area contributed by atoms with Gasteiger partial charge in [0.2, 0.25) is 10.0 Å². The van der Waals surface area contributed by atoms with Crippen molar-refractivity contribution in [2.75, 3.05) is 6.54 Å². The van der Waals surface area contributed by atoms with Crippen LogP contribution in [0.5, 0.6) is 0 Å². The lowest BCUT2D eigenvalue weighted by Crippen LogP contribution is -2.25. The van der Waals surface area contributed by atoms with Gasteiger partial charge in [-0.05, 0) is 19.1 Å². The highest BCUT2D eigenvalue weighted by atomic mass is 35.5. The first-order valence-corrected chi connectivity index (χ1v) is 6.66. The first-order chi connectivity index (χ1) is 7.34. The fourth-order valence-corrected chi connectivity index (χ4v) is 3.27. The topological polar surface area (TPSA) is 46.2 Å². The molecule has 3 nitrogen and oxygen atoms in total. The number of rotatable bonds is 4. The van der Waals surface area contributed by atoms with Crippen molar-refractivity contribution in [1.82, 2.24) is 4.72 Å². The van der Waals surface area contributed by atoms with Gasteiger partial charge in [0, 0.05) is 6.54 Å². The van der Waals surface area contributed by atoms with Gasteiger partial charge in [-0.25, -0.2) is 13.1 Å². The molecule has 0 atom stereocenters. The molecule has 0 spiro atoms. The Labute approximate surface area is 105 Å². The maximum absolute atomic E-state index is 11.9. The molecule has 0 amide bonds. The minimum atomic E-state index is -3.69. The standard InChI is InChI=1S/C10H11Cl2NO2S/c1-7(2)6-13-16(14,15)10-8(11)4-3-5-9(10)12/h3-5,13H,1,6H2,2H3. The number of benzene rings is 1. The Bertz CT molecular complexity index is 491. The minimum Gasteiger partial charge on any atom is -0.207 e. The van der Waals surface area contributed by atoms with Crippen molar-refractivity contribution in [1.29, 1.82) is 0 Å². The molecule has 0 heterocycles. The Morgan fingerprint density at radius 1 is 1.38 bits per heavy atom. The summed E-state index contributed by atoms with van der Waals surface area (Å²) in [4.78, 5) is -0.0976. The first kappa shape index (κ1) is 13.5. The van der Waals surface area contributed by atoms with Crippen LogP contribution in [0.1, 0.15) is 6.92 Å². The summed E-state index contributed by atoms with van der Waals surface area (Å²) in [6.07, 6.45) is 0. The third-order valence-electron chi connectivity index (χ3n) is 1.75. The number of hydrogen-bond donors (Lipinski definition) is 1. The second-order valence-corrected chi connectivity index (χ2v) is 5.85. The zero-order valence-electron chi connectivity index (χ0n) is 8.63. The van der Waals surface area contributed by atoms with E-state index in [2.05, 4.69) is 11.3 Å². The monoisotopic (exact) mass is 279 g/mol. The van der Waals surface area contributed by atoms with Crippen molar-refractivity contribution < 1.29 is 8.42 Å². The largest absolute Gasteiger partial charge is 0.243 e. The van der Waals surface area contributed by atoms with Crippen LogP contribution < -0.4 is 4.72 Å². The van der Waals surface area contributed by atoms with Crippen molar-refractivity contribution in [3.8, 4) is 0 Å². The molecule has 0 fully saturated rings. The van der Waals surface area contributed by atoms with Crippen LogP contribution in [-0.4, -0.2) is 15.0 Å². The van der Waals surface area contributed by atoms with Crippen molar-refractivity contribution in [2.45, 2.75) is 11.8 Å². The van der Waals surface area contributed by atoms with E-state index in [9.17, 15) is 8.42 Å². The quantitative estimate of drug-likeness (QED) is 0.862. The van der Waals surface area contributed by atoms with Gasteiger partial charge in [0.25, 0.3) is 0 Å². The van der Waals surface area contributed by atoms with E-state index in [1.54, 1.807) is 13.0 Å². The van der Waals surface area contributed by atoms with E-state index >= 15 is 0 Å². The molecule has 0 saturated heterocycles. The molecule has 0 bridgehead atoms. The smallest absolute Gasteiger partial charge is 0.207 e. The maximum atomic E-state index is 11.9. The van der Waals surface area contributed by atoms with Crippen LogP contribution in [0.2, 0.25) is 10.0 Å². The minimum absolute atomic E-state index is 0.0976. The molecule has 6 heteroatoms. The van der Waals surface area contributed by atoms with Gasteiger partial charge in [-0.1, -0.05) is 41.4 Å². The number of sulfonamides is 1. The molecule has 0 aromatic heterocycles. The van der Waals surface area contributed by atoms with Gasteiger partial charge in [0.15, 0.2) is 0 Å². The van der Waals surface area contributed by atoms with Gasteiger partial charge in [-0.2, -0.15) is 0 Å². The summed E-state index contributed by atoms with van der Waals surface area (Å²) < 4.78 is 26.1. The van der Waals surface area contributed by atoms with Crippen LogP contribution in [0.3, 0.4) is 0 Å². The average Bonchev–Trinajstić information content (AvgIpc) is 2.14. The summed E-state index contributed by atoms with van der Waals surface area (Å²) in [5, 5.41) is 0.198. The molecule has 1 N–H and O–H groups in total. The Balaban J connectivity index is 3.12. The predicted molar refractivity (Wildman–Crippen MR) is 66.5 cm³/mol. The fraction of sp³-hybridized carbons (Fsp3) is 0.200. The van der Waals surface area contributed by atoms with E-state index in [0.717, 1.165) is 0 Å². The summed E-state index contributed by atoms with van der Waals surface area (Å²) in [6.45, 7) is 5.48. The number of halogens is 2. The third-order valence-corrected chi connectivity index (χ3v) is 4.11. The lowest BCUT2D eigenvalue weighted by molar-refractivity contribution is 0.585.